The summed E-state index contributed by atoms with van der Waals surface area (Å²) in [5.74, 6) is -1.09. The van der Waals surface area contributed by atoms with Crippen molar-refractivity contribution in [2.24, 2.45) is 11.8 Å². The SMILES string of the molecule is CCCCCCCCCCCCCCCCCC(=O)OC[C@H](CCOC(=O)[C@@H](NC(=O)OCc1ccccc1)C(C)C)Cn1cnc2c(C)nc(N)nc21. The molecule has 0 bridgehead atoms. The summed E-state index contributed by atoms with van der Waals surface area (Å²) in [6.45, 7) is 8.44. The second-order valence-corrected chi connectivity index (χ2v) is 14.9. The Morgan fingerprint density at radius 3 is 2.04 bits per heavy atom. The molecular weight excluding hydrogens is 684 g/mol. The monoisotopic (exact) mass is 751 g/mol. The van der Waals surface area contributed by atoms with Gasteiger partial charge in [-0.05, 0) is 31.2 Å². The highest BCUT2D eigenvalue weighted by atomic mass is 16.6. The first-order valence-corrected chi connectivity index (χ1v) is 20.4. The number of ether oxygens (including phenoxy) is 3. The van der Waals surface area contributed by atoms with Gasteiger partial charge in [0.15, 0.2) is 5.65 Å². The molecule has 3 aromatic rings. The van der Waals surface area contributed by atoms with E-state index in [9.17, 15) is 14.4 Å². The van der Waals surface area contributed by atoms with Crippen molar-refractivity contribution in [3.05, 3.63) is 47.9 Å². The van der Waals surface area contributed by atoms with Gasteiger partial charge in [-0.25, -0.2) is 19.6 Å². The van der Waals surface area contributed by atoms with E-state index in [1.807, 2.05) is 55.7 Å². The van der Waals surface area contributed by atoms with E-state index < -0.39 is 18.1 Å². The molecule has 0 aliphatic carbocycles. The zero-order chi connectivity index (χ0) is 39.0. The Balaban J connectivity index is 1.41. The van der Waals surface area contributed by atoms with Crippen molar-refractivity contribution in [1.82, 2.24) is 24.8 Å². The average molecular weight is 751 g/mol. The topological polar surface area (TPSA) is 161 Å². The van der Waals surface area contributed by atoms with E-state index in [4.69, 9.17) is 19.9 Å². The molecule has 0 aliphatic rings. The Morgan fingerprint density at radius 1 is 0.815 bits per heavy atom. The van der Waals surface area contributed by atoms with Crippen LogP contribution in [0.3, 0.4) is 0 Å². The van der Waals surface area contributed by atoms with Gasteiger partial charge >= 0.3 is 18.0 Å². The molecule has 3 N–H and O–H groups in total. The minimum absolute atomic E-state index is 0.0623. The van der Waals surface area contributed by atoms with Gasteiger partial charge in [0.05, 0.1) is 25.2 Å². The number of aryl methyl sites for hydroxylation is 1. The number of anilines is 1. The number of imidazole rings is 1. The van der Waals surface area contributed by atoms with E-state index in [-0.39, 0.29) is 43.6 Å². The molecule has 1 amide bonds. The number of esters is 2. The van der Waals surface area contributed by atoms with Gasteiger partial charge in [0.1, 0.15) is 18.2 Å². The molecule has 0 unspecified atom stereocenters. The molecule has 2 atom stereocenters. The van der Waals surface area contributed by atoms with Gasteiger partial charge in [-0.15, -0.1) is 0 Å². The van der Waals surface area contributed by atoms with Crippen molar-refractivity contribution in [2.75, 3.05) is 18.9 Å². The number of nitrogen functional groups attached to an aromatic ring is 1. The second kappa shape index (κ2) is 25.7. The lowest BCUT2D eigenvalue weighted by molar-refractivity contribution is -0.149. The zero-order valence-electron chi connectivity index (χ0n) is 33.4. The van der Waals surface area contributed by atoms with Crippen LogP contribution in [-0.4, -0.2) is 56.8 Å². The number of hydrogen-bond acceptors (Lipinski definition) is 10. The Bertz CT molecular complexity index is 1510. The van der Waals surface area contributed by atoms with Gasteiger partial charge in [0.25, 0.3) is 0 Å². The summed E-state index contributed by atoms with van der Waals surface area (Å²) in [5, 5.41) is 2.64. The number of nitrogens with one attached hydrogen (secondary N) is 1. The van der Waals surface area contributed by atoms with Crippen molar-refractivity contribution in [3.8, 4) is 0 Å². The first-order chi connectivity index (χ1) is 26.2. The van der Waals surface area contributed by atoms with Crippen LogP contribution in [0.5, 0.6) is 0 Å². The molecule has 3 rings (SSSR count). The van der Waals surface area contributed by atoms with Crippen molar-refractivity contribution in [3.63, 3.8) is 0 Å². The summed E-state index contributed by atoms with van der Waals surface area (Å²) in [6.07, 6.45) is 20.7. The number of nitrogens with zero attached hydrogens (tertiary/aromatic N) is 4. The smallest absolute Gasteiger partial charge is 0.408 e. The third-order valence-corrected chi connectivity index (χ3v) is 9.75. The van der Waals surface area contributed by atoms with Crippen LogP contribution < -0.4 is 11.1 Å². The van der Waals surface area contributed by atoms with E-state index in [2.05, 4.69) is 27.2 Å². The molecule has 12 nitrogen and oxygen atoms in total. The van der Waals surface area contributed by atoms with Gasteiger partial charge < -0.3 is 29.8 Å². The predicted octanol–water partition coefficient (Wildman–Crippen LogP) is 9.02. The third kappa shape index (κ3) is 17.3. The highest BCUT2D eigenvalue weighted by molar-refractivity contribution is 5.81. The molecule has 1 aromatic carbocycles. The van der Waals surface area contributed by atoms with Crippen LogP contribution in [0.1, 0.15) is 141 Å². The fourth-order valence-corrected chi connectivity index (χ4v) is 6.47. The maximum atomic E-state index is 13.1. The normalized spacial score (nSPS) is 12.5. The molecule has 2 heterocycles. The number of nitrogens with two attached hydrogens (primary N) is 1. The molecule has 0 saturated heterocycles. The summed E-state index contributed by atoms with van der Waals surface area (Å²) < 4.78 is 18.6. The highest BCUT2D eigenvalue weighted by Gasteiger charge is 2.27. The number of carbonyl (C=O) groups excluding carboxylic acids is 3. The van der Waals surface area contributed by atoms with Crippen LogP contribution in [0.15, 0.2) is 36.7 Å². The molecule has 0 saturated carbocycles. The number of benzene rings is 1. The van der Waals surface area contributed by atoms with Gasteiger partial charge in [0.2, 0.25) is 5.95 Å². The lowest BCUT2D eigenvalue weighted by atomic mass is 10.0. The van der Waals surface area contributed by atoms with Crippen LogP contribution in [0.4, 0.5) is 10.7 Å². The summed E-state index contributed by atoms with van der Waals surface area (Å²) in [7, 11) is 0. The van der Waals surface area contributed by atoms with E-state index in [1.54, 1.807) is 6.33 Å². The van der Waals surface area contributed by atoms with E-state index in [1.165, 1.54) is 77.0 Å². The summed E-state index contributed by atoms with van der Waals surface area (Å²) in [4.78, 5) is 51.4. The standard InChI is InChI=1S/C42H66N6O6/c1-5-6-7-8-9-10-11-12-13-14-15-16-17-18-22-25-36(49)53-30-35(28-48-31-44-38-33(4)45-41(43)47-39(38)48)26-27-52-40(50)37(32(2)3)46-42(51)54-29-34-23-20-19-21-24-34/h19-21,23-24,31-32,35,37H,5-18,22,25-30H2,1-4H3,(H,46,51)(H2,43,45,47)/t35-,37+/m1/s1. The van der Waals surface area contributed by atoms with Gasteiger partial charge in [-0.1, -0.05) is 141 Å². The van der Waals surface area contributed by atoms with Crippen LogP contribution in [0, 0.1) is 18.8 Å². The Labute approximate surface area is 322 Å². The number of unbranched alkanes of at least 4 members (excludes halogenated alkanes) is 14. The van der Waals surface area contributed by atoms with Crippen molar-refractivity contribution < 1.29 is 28.6 Å². The van der Waals surface area contributed by atoms with Crippen LogP contribution >= 0.6 is 0 Å². The average Bonchev–Trinajstić information content (AvgIpc) is 3.56. The molecule has 54 heavy (non-hydrogen) atoms. The minimum Gasteiger partial charge on any atom is -0.465 e. The number of fused-ring (bicyclic) bond motifs is 1. The number of rotatable bonds is 28. The fourth-order valence-electron chi connectivity index (χ4n) is 6.47. The molecule has 0 radical (unpaired) electrons. The van der Waals surface area contributed by atoms with Gasteiger partial charge in [0, 0.05) is 18.9 Å². The van der Waals surface area contributed by atoms with Crippen molar-refractivity contribution >= 4 is 35.1 Å². The summed E-state index contributed by atoms with van der Waals surface area (Å²) in [6, 6.07) is 8.42. The maximum absolute atomic E-state index is 13.1. The number of amides is 1. The minimum atomic E-state index is -0.889. The lowest BCUT2D eigenvalue weighted by Crippen LogP contribution is -2.45. The molecule has 0 spiro atoms. The molecule has 12 heteroatoms. The van der Waals surface area contributed by atoms with E-state index in [0.717, 1.165) is 24.8 Å². The first kappa shape index (κ1) is 44.2. The largest absolute Gasteiger partial charge is 0.465 e. The van der Waals surface area contributed by atoms with Crippen molar-refractivity contribution in [2.45, 2.75) is 156 Å². The number of alkyl carbamates (subject to hydrolysis) is 1. The van der Waals surface area contributed by atoms with Crippen LogP contribution in [0.25, 0.3) is 11.2 Å². The molecule has 2 aromatic heterocycles. The quantitative estimate of drug-likeness (QED) is 0.0416. The summed E-state index contributed by atoms with van der Waals surface area (Å²) in [5.41, 5.74) is 8.68. The molecule has 300 valence electrons. The molecular formula is C42H66N6O6. The molecule has 0 aliphatic heterocycles. The van der Waals surface area contributed by atoms with E-state index in [0.29, 0.717) is 36.2 Å². The third-order valence-electron chi connectivity index (χ3n) is 9.75. The van der Waals surface area contributed by atoms with Gasteiger partial charge in [-0.2, -0.15) is 4.98 Å². The maximum Gasteiger partial charge on any atom is 0.408 e. The number of hydrogen-bond donors (Lipinski definition) is 2. The van der Waals surface area contributed by atoms with Crippen LogP contribution in [0.2, 0.25) is 0 Å². The van der Waals surface area contributed by atoms with Crippen molar-refractivity contribution in [1.29, 1.82) is 0 Å². The van der Waals surface area contributed by atoms with E-state index >= 15 is 0 Å². The molecule has 0 fully saturated rings. The lowest BCUT2D eigenvalue weighted by Gasteiger charge is -2.22. The first-order valence-electron chi connectivity index (χ1n) is 20.4. The fraction of sp³-hybridized carbons (Fsp3) is 0.667. The Hall–Kier alpha value is -4.22. The predicted molar refractivity (Wildman–Crippen MR) is 212 cm³/mol. The number of aromatic nitrogens is 4. The Kier molecular flexibility index (Phi) is 21.1. The zero-order valence-corrected chi connectivity index (χ0v) is 33.4. The second-order valence-electron chi connectivity index (χ2n) is 14.9. The summed E-state index contributed by atoms with van der Waals surface area (Å²) >= 11 is 0. The Morgan fingerprint density at radius 2 is 1.43 bits per heavy atom. The van der Waals surface area contributed by atoms with Gasteiger partial charge in [-0.3, -0.25) is 4.79 Å². The highest BCUT2D eigenvalue weighted by Crippen LogP contribution is 2.19. The number of carbonyl (C=O) groups is 3. The van der Waals surface area contributed by atoms with Crippen LogP contribution in [-0.2, 0) is 37.0 Å².